The van der Waals surface area contributed by atoms with Gasteiger partial charge in [0.15, 0.2) is 5.82 Å². The van der Waals surface area contributed by atoms with Gasteiger partial charge in [-0.15, -0.1) is 0 Å². The summed E-state index contributed by atoms with van der Waals surface area (Å²) in [6.07, 6.45) is 5.50. The van der Waals surface area contributed by atoms with E-state index in [4.69, 9.17) is 32.9 Å². The molecule has 2 saturated heterocycles. The number of aromatic nitrogens is 4. The molecule has 15 heteroatoms. The molecule has 7 rings (SSSR count). The zero-order valence-corrected chi connectivity index (χ0v) is 30.6. The Kier molecular flexibility index (Phi) is 10.7. The number of imidazole rings is 1. The number of anilines is 1. The Morgan fingerprint density at radius 2 is 1.92 bits per heavy atom. The lowest BCUT2D eigenvalue weighted by Gasteiger charge is -2.32. The van der Waals surface area contributed by atoms with Crippen LogP contribution in [-0.4, -0.2) is 81.5 Å². The third-order valence-corrected chi connectivity index (χ3v) is 10.8. The minimum atomic E-state index is -0.419. The zero-order valence-electron chi connectivity index (χ0n) is 29.1. The van der Waals surface area contributed by atoms with Crippen molar-refractivity contribution in [3.05, 3.63) is 75.4 Å². The number of nitrogens with zero attached hydrogens (tertiary/aromatic N) is 5. The Balaban J connectivity index is 1.07. The van der Waals surface area contributed by atoms with Crippen molar-refractivity contribution in [2.45, 2.75) is 51.2 Å². The van der Waals surface area contributed by atoms with Gasteiger partial charge in [-0.25, -0.2) is 9.97 Å². The average molecular weight is 747 g/mol. The van der Waals surface area contributed by atoms with Crippen molar-refractivity contribution in [3.63, 3.8) is 0 Å². The molecule has 0 unspecified atom stereocenters. The first-order valence-electron chi connectivity index (χ1n) is 17.5. The monoisotopic (exact) mass is 745 g/mol. The molecule has 272 valence electrons. The van der Waals surface area contributed by atoms with Crippen LogP contribution in [0.5, 0.6) is 5.88 Å². The number of hydrogen-bond acceptors (Lipinski definition) is 9. The standard InChI is InChI=1S/C37H41Cl2N9O4/c1-47-29-13-16-48(37(51)22-5-4-14-40-18-22)20-28(29)44-34(47)35(50)45-27-7-3-6-25(31(27)38)33-32(39)24(12-15-42-33)26-10-8-21(36(46-26)52-2)17-41-19-23-9-11-30(49)43-23/h3,6-8,10,12,15,22-23,40-41H,4-5,9,11,13-14,16-20H2,1-2H3,(H,43,49)(H,45,50)/t22-,23-/m0/s1. The van der Waals surface area contributed by atoms with Crippen LogP contribution in [0, 0.1) is 5.92 Å². The number of nitrogens with one attached hydrogen (secondary N) is 4. The molecule has 52 heavy (non-hydrogen) atoms. The predicted molar refractivity (Wildman–Crippen MR) is 198 cm³/mol. The van der Waals surface area contributed by atoms with Crippen molar-refractivity contribution in [2.75, 3.05) is 38.6 Å². The maximum Gasteiger partial charge on any atom is 0.291 e. The Hall–Kier alpha value is -4.56. The SMILES string of the molecule is COc1nc(-c2ccnc(-c3cccc(NC(=O)c4nc5c(n4C)CCN(C(=O)[C@H]4CCCNC4)C5)c3Cl)c2Cl)ccc1CNC[C@@H]1CCC(=O)N1. The summed E-state index contributed by atoms with van der Waals surface area (Å²) in [5, 5.41) is 13.2. The van der Waals surface area contributed by atoms with E-state index in [1.807, 2.05) is 24.1 Å². The molecule has 3 amide bonds. The van der Waals surface area contributed by atoms with E-state index in [9.17, 15) is 14.4 Å². The molecule has 0 spiro atoms. The van der Waals surface area contributed by atoms with Crippen molar-refractivity contribution >= 4 is 46.6 Å². The molecule has 6 heterocycles. The van der Waals surface area contributed by atoms with Crippen LogP contribution in [0.4, 0.5) is 5.69 Å². The first kappa shape index (κ1) is 35.8. The minimum Gasteiger partial charge on any atom is -0.481 e. The highest BCUT2D eigenvalue weighted by atomic mass is 35.5. The van der Waals surface area contributed by atoms with Crippen molar-refractivity contribution in [1.29, 1.82) is 0 Å². The highest BCUT2D eigenvalue weighted by Gasteiger charge is 2.32. The van der Waals surface area contributed by atoms with Gasteiger partial charge < -0.3 is 35.5 Å². The van der Waals surface area contributed by atoms with Gasteiger partial charge in [0.1, 0.15) is 0 Å². The second-order valence-corrected chi connectivity index (χ2v) is 14.1. The normalized spacial score (nSPS) is 18.5. The van der Waals surface area contributed by atoms with E-state index in [1.165, 1.54) is 0 Å². The molecular formula is C37H41Cl2N9O4. The summed E-state index contributed by atoms with van der Waals surface area (Å²) in [5.74, 6) is 0.474. The zero-order chi connectivity index (χ0) is 36.4. The van der Waals surface area contributed by atoms with Gasteiger partial charge in [-0.2, -0.15) is 0 Å². The van der Waals surface area contributed by atoms with Crippen LogP contribution >= 0.6 is 23.2 Å². The summed E-state index contributed by atoms with van der Waals surface area (Å²) >= 11 is 13.9. The van der Waals surface area contributed by atoms with Crippen molar-refractivity contribution in [3.8, 4) is 28.4 Å². The lowest BCUT2D eigenvalue weighted by atomic mass is 9.97. The Labute approximate surface area is 311 Å². The lowest BCUT2D eigenvalue weighted by Crippen LogP contribution is -2.45. The third-order valence-electron chi connectivity index (χ3n) is 10.0. The number of fused-ring (bicyclic) bond motifs is 1. The molecule has 0 bridgehead atoms. The summed E-state index contributed by atoms with van der Waals surface area (Å²) in [5.41, 5.74) is 5.10. The maximum atomic E-state index is 13.6. The van der Waals surface area contributed by atoms with Crippen LogP contribution in [0.2, 0.25) is 10.0 Å². The van der Waals surface area contributed by atoms with E-state index >= 15 is 0 Å². The van der Waals surface area contributed by atoms with E-state index in [2.05, 4.69) is 31.2 Å². The molecule has 2 atom stereocenters. The molecule has 3 aliphatic heterocycles. The highest BCUT2D eigenvalue weighted by Crippen LogP contribution is 2.40. The van der Waals surface area contributed by atoms with Gasteiger partial charge in [0, 0.05) is 80.7 Å². The molecule has 4 aromatic rings. The molecule has 4 N–H and O–H groups in total. The third kappa shape index (κ3) is 7.36. The Morgan fingerprint density at radius 3 is 2.69 bits per heavy atom. The Morgan fingerprint density at radius 1 is 1.06 bits per heavy atom. The van der Waals surface area contributed by atoms with E-state index in [0.29, 0.717) is 84.7 Å². The smallest absolute Gasteiger partial charge is 0.291 e. The summed E-state index contributed by atoms with van der Waals surface area (Å²) in [6, 6.07) is 11.0. The predicted octanol–water partition coefficient (Wildman–Crippen LogP) is 4.36. The van der Waals surface area contributed by atoms with E-state index in [1.54, 1.807) is 42.1 Å². The molecule has 13 nitrogen and oxygen atoms in total. The summed E-state index contributed by atoms with van der Waals surface area (Å²) in [6.45, 7) is 3.79. The van der Waals surface area contributed by atoms with Gasteiger partial charge in [0.25, 0.3) is 5.91 Å². The number of carbonyl (C=O) groups is 3. The van der Waals surface area contributed by atoms with Gasteiger partial charge >= 0.3 is 0 Å². The van der Waals surface area contributed by atoms with Gasteiger partial charge in [0.2, 0.25) is 17.7 Å². The lowest BCUT2D eigenvalue weighted by molar-refractivity contribution is -0.137. The molecule has 1 aromatic carbocycles. The fraction of sp³-hybridized carbons (Fsp3) is 0.405. The van der Waals surface area contributed by atoms with Crippen LogP contribution in [0.1, 0.15) is 53.3 Å². The van der Waals surface area contributed by atoms with Gasteiger partial charge in [-0.05, 0) is 44.0 Å². The first-order chi connectivity index (χ1) is 25.2. The topological polar surface area (TPSA) is 155 Å². The number of methoxy groups -OCH3 is 1. The summed E-state index contributed by atoms with van der Waals surface area (Å²) in [7, 11) is 3.39. The quantitative estimate of drug-likeness (QED) is 0.185. The van der Waals surface area contributed by atoms with Crippen molar-refractivity contribution < 1.29 is 19.1 Å². The Bertz CT molecular complexity index is 2010. The maximum absolute atomic E-state index is 13.6. The number of ether oxygens (including phenoxy) is 1. The van der Waals surface area contributed by atoms with E-state index < -0.39 is 5.91 Å². The fourth-order valence-electron chi connectivity index (χ4n) is 7.20. The largest absolute Gasteiger partial charge is 0.481 e. The van der Waals surface area contributed by atoms with Crippen LogP contribution < -0.4 is 26.0 Å². The number of benzene rings is 1. The molecule has 0 aliphatic carbocycles. The number of hydrogen-bond donors (Lipinski definition) is 4. The van der Waals surface area contributed by atoms with Crippen LogP contribution in [0.25, 0.3) is 22.5 Å². The number of rotatable bonds is 10. The minimum absolute atomic E-state index is 0.0217. The first-order valence-corrected chi connectivity index (χ1v) is 18.3. The molecule has 0 saturated carbocycles. The van der Waals surface area contributed by atoms with Crippen molar-refractivity contribution in [1.82, 2.24) is 40.4 Å². The van der Waals surface area contributed by atoms with Crippen LogP contribution in [-0.2, 0) is 36.1 Å². The average Bonchev–Trinajstić information content (AvgIpc) is 3.74. The van der Waals surface area contributed by atoms with Crippen LogP contribution in [0.15, 0.2) is 42.6 Å². The fourth-order valence-corrected chi connectivity index (χ4v) is 7.77. The number of pyridine rings is 2. The molecular weight excluding hydrogens is 705 g/mol. The number of amides is 3. The van der Waals surface area contributed by atoms with Gasteiger partial charge in [-0.3, -0.25) is 19.4 Å². The highest BCUT2D eigenvalue weighted by molar-refractivity contribution is 6.39. The second-order valence-electron chi connectivity index (χ2n) is 13.4. The van der Waals surface area contributed by atoms with Gasteiger partial charge in [-0.1, -0.05) is 41.4 Å². The molecule has 3 aromatic heterocycles. The van der Waals surface area contributed by atoms with E-state index in [-0.39, 0.29) is 34.6 Å². The second kappa shape index (κ2) is 15.6. The number of carbonyl (C=O) groups excluding carboxylic acids is 3. The molecule has 2 fully saturated rings. The summed E-state index contributed by atoms with van der Waals surface area (Å²) < 4.78 is 7.42. The molecule has 3 aliphatic rings. The van der Waals surface area contributed by atoms with E-state index in [0.717, 1.165) is 42.8 Å². The number of piperidine rings is 1. The number of halogens is 2. The molecule has 0 radical (unpaired) electrons. The van der Waals surface area contributed by atoms with Crippen molar-refractivity contribution in [2.24, 2.45) is 13.0 Å². The van der Waals surface area contributed by atoms with Crippen LogP contribution in [0.3, 0.4) is 0 Å². The summed E-state index contributed by atoms with van der Waals surface area (Å²) in [4.78, 5) is 54.2. The van der Waals surface area contributed by atoms with Gasteiger partial charge in [0.05, 0.1) is 52.4 Å².